The van der Waals surface area contributed by atoms with Crippen LogP contribution in [0.2, 0.25) is 0 Å². The zero-order valence-electron chi connectivity index (χ0n) is 18.1. The number of rotatable bonds is 7. The first-order valence-electron chi connectivity index (χ1n) is 10.4. The van der Waals surface area contributed by atoms with Gasteiger partial charge in [0.2, 0.25) is 10.0 Å². The number of guanidine groups is 1. The Morgan fingerprint density at radius 1 is 1.23 bits per heavy atom. The summed E-state index contributed by atoms with van der Waals surface area (Å²) in [5, 5.41) is 8.04. The van der Waals surface area contributed by atoms with Gasteiger partial charge in [-0.05, 0) is 50.7 Å². The number of hydrogen-bond donors (Lipinski definition) is 3. The average Bonchev–Trinajstić information content (AvgIpc) is 3.01. The highest BCUT2D eigenvalue weighted by molar-refractivity contribution is 14.0. The first-order valence-corrected chi connectivity index (χ1v) is 12.3. The second-order valence-electron chi connectivity index (χ2n) is 7.78. The summed E-state index contributed by atoms with van der Waals surface area (Å²) in [4.78, 5) is 8.20. The molecule has 2 aromatic rings. The van der Waals surface area contributed by atoms with Crippen LogP contribution in [-0.2, 0) is 16.4 Å². The number of piperidine rings is 1. The van der Waals surface area contributed by atoms with E-state index in [4.69, 9.17) is 4.99 Å². The number of sulfonamides is 1. The lowest BCUT2D eigenvalue weighted by Gasteiger charge is -2.29. The summed E-state index contributed by atoms with van der Waals surface area (Å²) in [6, 6.07) is 8.40. The number of aromatic amines is 1. The largest absolute Gasteiger partial charge is 0.358 e. The van der Waals surface area contributed by atoms with E-state index in [1.54, 1.807) is 4.31 Å². The molecule has 0 spiro atoms. The number of aryl methyl sites for hydroxylation is 1. The minimum Gasteiger partial charge on any atom is -0.358 e. The Morgan fingerprint density at radius 3 is 2.60 bits per heavy atom. The van der Waals surface area contributed by atoms with Crippen LogP contribution in [-0.4, -0.2) is 62.6 Å². The van der Waals surface area contributed by atoms with Gasteiger partial charge in [0, 0.05) is 49.3 Å². The molecule has 0 aliphatic carbocycles. The van der Waals surface area contributed by atoms with Crippen molar-refractivity contribution in [1.29, 1.82) is 0 Å². The van der Waals surface area contributed by atoms with Crippen LogP contribution in [0.5, 0.6) is 0 Å². The number of aromatic nitrogens is 1. The van der Waals surface area contributed by atoms with E-state index in [1.165, 1.54) is 28.4 Å². The van der Waals surface area contributed by atoms with Crippen LogP contribution in [0.15, 0.2) is 29.3 Å². The fourth-order valence-electron chi connectivity index (χ4n) is 3.95. The lowest BCUT2D eigenvalue weighted by Crippen LogP contribution is -2.40. The van der Waals surface area contributed by atoms with Crippen molar-refractivity contribution in [3.63, 3.8) is 0 Å². The van der Waals surface area contributed by atoms with E-state index in [-0.39, 0.29) is 24.0 Å². The molecule has 1 aromatic carbocycles. The number of nitrogens with zero attached hydrogens (tertiary/aromatic N) is 2. The van der Waals surface area contributed by atoms with Gasteiger partial charge < -0.3 is 15.6 Å². The van der Waals surface area contributed by atoms with Crippen LogP contribution >= 0.6 is 24.0 Å². The molecule has 1 saturated heterocycles. The van der Waals surface area contributed by atoms with Crippen LogP contribution in [0.3, 0.4) is 0 Å². The summed E-state index contributed by atoms with van der Waals surface area (Å²) < 4.78 is 24.9. The quantitative estimate of drug-likeness (QED) is 0.283. The molecule has 3 rings (SSSR count). The van der Waals surface area contributed by atoms with Gasteiger partial charge in [0.05, 0.1) is 6.26 Å². The topological polar surface area (TPSA) is 89.6 Å². The van der Waals surface area contributed by atoms with Gasteiger partial charge in [-0.1, -0.05) is 18.2 Å². The molecular weight excluding hydrogens is 513 g/mol. The molecule has 168 valence electrons. The van der Waals surface area contributed by atoms with Crippen molar-refractivity contribution < 1.29 is 8.42 Å². The first-order chi connectivity index (χ1) is 13.9. The Hall–Kier alpha value is -1.33. The van der Waals surface area contributed by atoms with Gasteiger partial charge in [0.15, 0.2) is 5.96 Å². The van der Waals surface area contributed by atoms with Gasteiger partial charge in [-0.15, -0.1) is 24.0 Å². The van der Waals surface area contributed by atoms with Gasteiger partial charge in [-0.25, -0.2) is 12.7 Å². The highest BCUT2D eigenvalue weighted by Crippen LogP contribution is 2.22. The molecule has 0 atom stereocenters. The molecule has 2 heterocycles. The van der Waals surface area contributed by atoms with E-state index in [1.807, 2.05) is 0 Å². The summed E-state index contributed by atoms with van der Waals surface area (Å²) in [6.07, 6.45) is 3.94. The molecule has 7 nitrogen and oxygen atoms in total. The minimum absolute atomic E-state index is 0. The number of para-hydroxylation sites is 1. The Labute approximate surface area is 197 Å². The van der Waals surface area contributed by atoms with Crippen LogP contribution in [0.1, 0.15) is 31.0 Å². The SMILES string of the molecule is CCNC(=NCC1CCN(S(C)(=O)=O)CC1)NCCc1c(C)[nH]c2ccccc12.I. The maximum absolute atomic E-state index is 11.6. The lowest BCUT2D eigenvalue weighted by atomic mass is 9.98. The highest BCUT2D eigenvalue weighted by atomic mass is 127. The molecule has 0 unspecified atom stereocenters. The van der Waals surface area contributed by atoms with Gasteiger partial charge in [0.25, 0.3) is 0 Å². The zero-order valence-corrected chi connectivity index (χ0v) is 21.2. The predicted molar refractivity (Wildman–Crippen MR) is 135 cm³/mol. The van der Waals surface area contributed by atoms with E-state index in [0.717, 1.165) is 44.9 Å². The summed E-state index contributed by atoms with van der Waals surface area (Å²) >= 11 is 0. The molecule has 0 bridgehead atoms. The predicted octanol–water partition coefficient (Wildman–Crippen LogP) is 2.86. The number of nitrogens with one attached hydrogen (secondary N) is 3. The second kappa shape index (κ2) is 11.3. The van der Waals surface area contributed by atoms with Crippen LogP contribution in [0.25, 0.3) is 10.9 Å². The number of halogens is 1. The Balaban J connectivity index is 0.00000320. The standard InChI is InChI=1S/C21H33N5O2S.HI/c1-4-22-21(24-15-17-10-13-26(14-11-17)29(3,27)28)23-12-9-18-16(2)25-20-8-6-5-7-19(18)20;/h5-8,17,25H,4,9-15H2,1-3H3,(H2,22,23,24);1H. The number of benzene rings is 1. The molecule has 1 aliphatic heterocycles. The summed E-state index contributed by atoms with van der Waals surface area (Å²) in [5.41, 5.74) is 3.74. The molecule has 1 fully saturated rings. The average molecular weight is 548 g/mol. The Morgan fingerprint density at radius 2 is 1.93 bits per heavy atom. The van der Waals surface area contributed by atoms with Crippen molar-refractivity contribution >= 4 is 50.9 Å². The first kappa shape index (κ1) is 24.9. The maximum Gasteiger partial charge on any atom is 0.211 e. The number of aliphatic imine (C=N–C) groups is 1. The number of fused-ring (bicyclic) bond motifs is 1. The minimum atomic E-state index is -3.07. The van der Waals surface area contributed by atoms with E-state index in [2.05, 4.69) is 53.7 Å². The third-order valence-electron chi connectivity index (χ3n) is 5.59. The number of hydrogen-bond acceptors (Lipinski definition) is 3. The van der Waals surface area contributed by atoms with Crippen LogP contribution in [0.4, 0.5) is 0 Å². The molecule has 1 aliphatic rings. The monoisotopic (exact) mass is 547 g/mol. The zero-order chi connectivity index (χ0) is 20.9. The summed E-state index contributed by atoms with van der Waals surface area (Å²) in [6.45, 7) is 7.72. The van der Waals surface area contributed by atoms with E-state index < -0.39 is 10.0 Å². The molecule has 30 heavy (non-hydrogen) atoms. The van der Waals surface area contributed by atoms with Crippen molar-refractivity contribution in [2.45, 2.75) is 33.1 Å². The van der Waals surface area contributed by atoms with Crippen LogP contribution in [0, 0.1) is 12.8 Å². The lowest BCUT2D eigenvalue weighted by molar-refractivity contribution is 0.280. The van der Waals surface area contributed by atoms with Crippen molar-refractivity contribution in [2.75, 3.05) is 39.0 Å². The molecule has 0 amide bonds. The normalized spacial score (nSPS) is 16.4. The molecule has 0 saturated carbocycles. The van der Waals surface area contributed by atoms with Gasteiger partial charge in [-0.2, -0.15) is 0 Å². The molecule has 9 heteroatoms. The van der Waals surface area contributed by atoms with Crippen molar-refractivity contribution in [2.24, 2.45) is 10.9 Å². The summed E-state index contributed by atoms with van der Waals surface area (Å²) in [7, 11) is -3.07. The van der Waals surface area contributed by atoms with E-state index in [9.17, 15) is 8.42 Å². The molecule has 3 N–H and O–H groups in total. The van der Waals surface area contributed by atoms with E-state index >= 15 is 0 Å². The smallest absolute Gasteiger partial charge is 0.211 e. The highest BCUT2D eigenvalue weighted by Gasteiger charge is 2.24. The molecular formula is C21H34IN5O2S. The van der Waals surface area contributed by atoms with Gasteiger partial charge >= 0.3 is 0 Å². The molecule has 1 aromatic heterocycles. The maximum atomic E-state index is 11.6. The van der Waals surface area contributed by atoms with Crippen molar-refractivity contribution in [1.82, 2.24) is 19.9 Å². The summed E-state index contributed by atoms with van der Waals surface area (Å²) in [5.74, 6) is 1.26. The molecule has 0 radical (unpaired) electrons. The third-order valence-corrected chi connectivity index (χ3v) is 6.89. The Bertz CT molecular complexity index is 949. The third kappa shape index (κ3) is 6.58. The Kier molecular flexibility index (Phi) is 9.42. The van der Waals surface area contributed by atoms with Crippen LogP contribution < -0.4 is 10.6 Å². The van der Waals surface area contributed by atoms with E-state index in [0.29, 0.717) is 19.0 Å². The second-order valence-corrected chi connectivity index (χ2v) is 9.76. The van der Waals surface area contributed by atoms with Gasteiger partial charge in [0.1, 0.15) is 0 Å². The fourth-order valence-corrected chi connectivity index (χ4v) is 4.82. The van der Waals surface area contributed by atoms with Crippen molar-refractivity contribution in [3.8, 4) is 0 Å². The van der Waals surface area contributed by atoms with Crippen molar-refractivity contribution in [3.05, 3.63) is 35.5 Å². The number of H-pyrrole nitrogens is 1. The van der Waals surface area contributed by atoms with Gasteiger partial charge in [-0.3, -0.25) is 4.99 Å². The fraction of sp³-hybridized carbons (Fsp3) is 0.571.